The van der Waals surface area contributed by atoms with Crippen LogP contribution in [0.2, 0.25) is 0 Å². The highest BCUT2D eigenvalue weighted by atomic mass is 16.5. The van der Waals surface area contributed by atoms with Crippen molar-refractivity contribution < 1.29 is 4.74 Å². The molecule has 2 aliphatic rings. The number of ether oxygens (including phenoxy) is 1. The minimum atomic E-state index is 0.412. The molecule has 1 heterocycles. The Labute approximate surface area is 141 Å². The lowest BCUT2D eigenvalue weighted by molar-refractivity contribution is 0.0731. The van der Waals surface area contributed by atoms with E-state index in [1.54, 1.807) is 7.11 Å². The van der Waals surface area contributed by atoms with Gasteiger partial charge in [0.1, 0.15) is 0 Å². The summed E-state index contributed by atoms with van der Waals surface area (Å²) in [5.74, 6) is 0.926. The van der Waals surface area contributed by atoms with E-state index in [4.69, 9.17) is 4.74 Å². The third-order valence-corrected chi connectivity index (χ3v) is 5.59. The third kappa shape index (κ3) is 5.33. The molecule has 0 spiro atoms. The number of hydrogen-bond donors (Lipinski definition) is 2. The van der Waals surface area contributed by atoms with Gasteiger partial charge in [-0.2, -0.15) is 0 Å². The van der Waals surface area contributed by atoms with Gasteiger partial charge >= 0.3 is 0 Å². The van der Waals surface area contributed by atoms with E-state index in [2.05, 4.69) is 39.5 Å². The van der Waals surface area contributed by atoms with Gasteiger partial charge in [0.15, 0.2) is 5.96 Å². The van der Waals surface area contributed by atoms with E-state index in [-0.39, 0.29) is 0 Å². The first-order valence-electron chi connectivity index (χ1n) is 8.91. The summed E-state index contributed by atoms with van der Waals surface area (Å²) < 4.78 is 5.27. The fourth-order valence-electron chi connectivity index (χ4n) is 3.54. The molecule has 0 aromatic heterocycles. The summed E-state index contributed by atoms with van der Waals surface area (Å²) >= 11 is 0. The quantitative estimate of drug-likeness (QED) is 0.530. The topological polar surface area (TPSA) is 52.1 Å². The van der Waals surface area contributed by atoms with Gasteiger partial charge < -0.3 is 20.3 Å². The number of piperazine rings is 1. The largest absolute Gasteiger partial charge is 0.385 e. The van der Waals surface area contributed by atoms with E-state index >= 15 is 0 Å². The summed E-state index contributed by atoms with van der Waals surface area (Å²) in [5.41, 5.74) is 0.412. The molecule has 2 rings (SSSR count). The lowest BCUT2D eigenvalue weighted by atomic mass is 9.67. The molecule has 0 bridgehead atoms. The first-order valence-corrected chi connectivity index (χ1v) is 8.91. The van der Waals surface area contributed by atoms with Crippen LogP contribution in [0.1, 0.15) is 25.7 Å². The first kappa shape index (κ1) is 18.5. The number of rotatable bonds is 7. The summed E-state index contributed by atoms with van der Waals surface area (Å²) in [5, 5.41) is 7.04. The minimum Gasteiger partial charge on any atom is -0.385 e. The van der Waals surface area contributed by atoms with Gasteiger partial charge in [0.05, 0.1) is 0 Å². The van der Waals surface area contributed by atoms with E-state index in [9.17, 15) is 0 Å². The molecule has 1 saturated carbocycles. The number of hydrogen-bond acceptors (Lipinski definition) is 4. The maximum Gasteiger partial charge on any atom is 0.191 e. The molecule has 1 aliphatic heterocycles. The maximum absolute atomic E-state index is 5.27. The Hall–Kier alpha value is -0.850. The summed E-state index contributed by atoms with van der Waals surface area (Å²) in [6, 6.07) is 0.540. The van der Waals surface area contributed by atoms with Crippen LogP contribution in [0.4, 0.5) is 0 Å². The zero-order valence-electron chi connectivity index (χ0n) is 15.4. The molecule has 1 saturated heterocycles. The molecule has 1 unspecified atom stereocenters. The van der Waals surface area contributed by atoms with E-state index in [0.717, 1.165) is 51.7 Å². The number of methoxy groups -OCH3 is 1. The number of likely N-dealkylation sites (N-methyl/N-ethyl adjacent to an activating group) is 2. The molecule has 0 amide bonds. The van der Waals surface area contributed by atoms with Crippen molar-refractivity contribution in [3.05, 3.63) is 0 Å². The summed E-state index contributed by atoms with van der Waals surface area (Å²) in [4.78, 5) is 9.23. The normalized spacial score (nSPS) is 25.9. The zero-order valence-corrected chi connectivity index (χ0v) is 15.4. The van der Waals surface area contributed by atoms with Crippen molar-refractivity contribution in [3.63, 3.8) is 0 Å². The highest BCUT2D eigenvalue weighted by Gasteiger charge is 2.36. The average molecular weight is 326 g/mol. The minimum absolute atomic E-state index is 0.412. The molecule has 1 atom stereocenters. The summed E-state index contributed by atoms with van der Waals surface area (Å²) in [6.07, 6.45) is 5.09. The fraction of sp³-hybridized carbons (Fsp3) is 0.941. The third-order valence-electron chi connectivity index (χ3n) is 5.59. The Balaban J connectivity index is 1.74. The summed E-state index contributed by atoms with van der Waals surface area (Å²) in [7, 11) is 8.06. The van der Waals surface area contributed by atoms with Crippen molar-refractivity contribution in [3.8, 4) is 0 Å². The standard InChI is InChI=1S/C17H35N5O/c1-18-16(19-12-15-13-21(2)9-10-22(15)3)20-14-17(6-5-7-17)8-11-23-4/h15H,5-14H2,1-4H3,(H2,18,19,20). The predicted molar refractivity (Wildman–Crippen MR) is 96.1 cm³/mol. The van der Waals surface area contributed by atoms with Crippen LogP contribution < -0.4 is 10.6 Å². The Kier molecular flexibility index (Phi) is 7.11. The number of guanidine groups is 1. The molecule has 6 nitrogen and oxygen atoms in total. The Morgan fingerprint density at radius 2 is 2.04 bits per heavy atom. The smallest absolute Gasteiger partial charge is 0.191 e. The van der Waals surface area contributed by atoms with Gasteiger partial charge in [-0.15, -0.1) is 0 Å². The summed E-state index contributed by atoms with van der Waals surface area (Å²) in [6.45, 7) is 6.18. The molecule has 23 heavy (non-hydrogen) atoms. The van der Waals surface area contributed by atoms with Crippen LogP contribution in [0.5, 0.6) is 0 Å². The molecule has 6 heteroatoms. The number of nitrogens with one attached hydrogen (secondary N) is 2. The number of nitrogens with zero attached hydrogens (tertiary/aromatic N) is 3. The molecule has 1 aliphatic carbocycles. The van der Waals surface area contributed by atoms with Gasteiger partial charge in [-0.1, -0.05) is 6.42 Å². The van der Waals surface area contributed by atoms with Crippen molar-refractivity contribution in [2.24, 2.45) is 10.4 Å². The lowest BCUT2D eigenvalue weighted by Gasteiger charge is -2.42. The second kappa shape index (κ2) is 8.85. The maximum atomic E-state index is 5.27. The molecule has 0 aromatic carbocycles. The molecule has 0 radical (unpaired) electrons. The molecule has 134 valence electrons. The van der Waals surface area contributed by atoms with Crippen LogP contribution in [-0.2, 0) is 4.74 Å². The van der Waals surface area contributed by atoms with Gasteiger partial charge in [-0.05, 0) is 38.8 Å². The average Bonchev–Trinajstić information content (AvgIpc) is 2.51. The van der Waals surface area contributed by atoms with Crippen molar-refractivity contribution >= 4 is 5.96 Å². The van der Waals surface area contributed by atoms with Crippen LogP contribution in [-0.4, -0.2) is 89.4 Å². The fourth-order valence-corrected chi connectivity index (χ4v) is 3.54. The highest BCUT2D eigenvalue weighted by Crippen LogP contribution is 2.43. The first-order chi connectivity index (χ1) is 11.1. The van der Waals surface area contributed by atoms with Crippen molar-refractivity contribution in [2.45, 2.75) is 31.7 Å². The zero-order chi connectivity index (χ0) is 16.7. The predicted octanol–water partition coefficient (Wildman–Crippen LogP) is 0.604. The Morgan fingerprint density at radius 1 is 1.26 bits per heavy atom. The molecular weight excluding hydrogens is 290 g/mol. The number of aliphatic imine (C=N–C) groups is 1. The van der Waals surface area contributed by atoms with Crippen LogP contribution in [0.15, 0.2) is 4.99 Å². The van der Waals surface area contributed by atoms with Crippen LogP contribution in [0.25, 0.3) is 0 Å². The van der Waals surface area contributed by atoms with E-state index in [0.29, 0.717) is 11.5 Å². The lowest BCUT2D eigenvalue weighted by Crippen LogP contribution is -2.56. The highest BCUT2D eigenvalue weighted by molar-refractivity contribution is 5.79. The van der Waals surface area contributed by atoms with Gasteiger partial charge in [-0.3, -0.25) is 9.89 Å². The SMILES string of the molecule is CN=C(NCC1CN(C)CCN1C)NCC1(CCOC)CCC1. The van der Waals surface area contributed by atoms with Gasteiger partial charge in [0, 0.05) is 59.5 Å². The molecule has 0 aromatic rings. The van der Waals surface area contributed by atoms with Crippen LogP contribution in [0.3, 0.4) is 0 Å². The molecule has 2 fully saturated rings. The van der Waals surface area contributed by atoms with Gasteiger partial charge in [-0.25, -0.2) is 0 Å². The van der Waals surface area contributed by atoms with Crippen LogP contribution in [0, 0.1) is 5.41 Å². The Bertz CT molecular complexity index is 383. The van der Waals surface area contributed by atoms with Gasteiger partial charge in [0.25, 0.3) is 0 Å². The van der Waals surface area contributed by atoms with Crippen LogP contribution >= 0.6 is 0 Å². The van der Waals surface area contributed by atoms with E-state index < -0.39 is 0 Å². The van der Waals surface area contributed by atoms with E-state index in [1.165, 1.54) is 19.3 Å². The van der Waals surface area contributed by atoms with E-state index in [1.807, 2.05) is 7.05 Å². The van der Waals surface area contributed by atoms with Crippen molar-refractivity contribution in [2.75, 3.05) is 67.6 Å². The monoisotopic (exact) mass is 325 g/mol. The van der Waals surface area contributed by atoms with Crippen molar-refractivity contribution in [1.29, 1.82) is 0 Å². The molecular formula is C17H35N5O. The molecule has 2 N–H and O–H groups in total. The second-order valence-corrected chi connectivity index (χ2v) is 7.30. The Morgan fingerprint density at radius 3 is 2.65 bits per heavy atom. The second-order valence-electron chi connectivity index (χ2n) is 7.30. The van der Waals surface area contributed by atoms with Crippen molar-refractivity contribution in [1.82, 2.24) is 20.4 Å². The van der Waals surface area contributed by atoms with Gasteiger partial charge in [0.2, 0.25) is 0 Å².